The van der Waals surface area contributed by atoms with Crippen molar-refractivity contribution >= 4 is 11.6 Å². The van der Waals surface area contributed by atoms with E-state index >= 15 is 0 Å². The first-order chi connectivity index (χ1) is 9.76. The standard InChI is InChI=1S/C16H19ClN2O/c1-2-10-20-13-7-5-6-12(11-13)16(19-18)14-8-3-4-9-15(14)17/h3-9,11,16,19H,2,10,18H2,1H3. The van der Waals surface area contributed by atoms with Crippen LogP contribution in [0.15, 0.2) is 48.5 Å². The summed E-state index contributed by atoms with van der Waals surface area (Å²) in [7, 11) is 0. The average molecular weight is 291 g/mol. The van der Waals surface area contributed by atoms with Gasteiger partial charge in [-0.05, 0) is 35.7 Å². The number of hydrazine groups is 1. The predicted molar refractivity (Wildman–Crippen MR) is 82.8 cm³/mol. The van der Waals surface area contributed by atoms with Crippen molar-refractivity contribution in [2.45, 2.75) is 19.4 Å². The molecule has 2 aromatic carbocycles. The molecule has 0 aromatic heterocycles. The number of benzene rings is 2. The number of hydrogen-bond acceptors (Lipinski definition) is 3. The van der Waals surface area contributed by atoms with Crippen LogP contribution in [0.2, 0.25) is 5.02 Å². The summed E-state index contributed by atoms with van der Waals surface area (Å²) in [6, 6.07) is 15.4. The Balaban J connectivity index is 2.30. The first-order valence-electron chi connectivity index (χ1n) is 6.69. The molecule has 0 heterocycles. The van der Waals surface area contributed by atoms with E-state index in [-0.39, 0.29) is 6.04 Å². The zero-order chi connectivity index (χ0) is 14.4. The zero-order valence-electron chi connectivity index (χ0n) is 11.5. The van der Waals surface area contributed by atoms with E-state index in [2.05, 4.69) is 12.3 Å². The molecule has 3 N–H and O–H groups in total. The van der Waals surface area contributed by atoms with Crippen molar-refractivity contribution in [1.82, 2.24) is 5.43 Å². The molecule has 0 aliphatic heterocycles. The van der Waals surface area contributed by atoms with Gasteiger partial charge >= 0.3 is 0 Å². The fourth-order valence-corrected chi connectivity index (χ4v) is 2.32. The number of rotatable bonds is 6. The molecular weight excluding hydrogens is 272 g/mol. The van der Waals surface area contributed by atoms with Gasteiger partial charge in [0.25, 0.3) is 0 Å². The van der Waals surface area contributed by atoms with Gasteiger partial charge in [0.05, 0.1) is 12.6 Å². The van der Waals surface area contributed by atoms with Crippen LogP contribution >= 0.6 is 11.6 Å². The molecule has 0 radical (unpaired) electrons. The van der Waals surface area contributed by atoms with Gasteiger partial charge in [0, 0.05) is 5.02 Å². The van der Waals surface area contributed by atoms with Gasteiger partial charge < -0.3 is 4.74 Å². The third kappa shape index (κ3) is 3.51. The second kappa shape index (κ2) is 7.29. The van der Waals surface area contributed by atoms with Crippen LogP contribution in [-0.2, 0) is 0 Å². The highest BCUT2D eigenvalue weighted by Crippen LogP contribution is 2.29. The highest BCUT2D eigenvalue weighted by atomic mass is 35.5. The summed E-state index contributed by atoms with van der Waals surface area (Å²) in [5.74, 6) is 6.55. The fraction of sp³-hybridized carbons (Fsp3) is 0.250. The van der Waals surface area contributed by atoms with Gasteiger partial charge in [0.1, 0.15) is 5.75 Å². The highest BCUT2D eigenvalue weighted by molar-refractivity contribution is 6.31. The molecule has 1 atom stereocenters. The Morgan fingerprint density at radius 3 is 2.70 bits per heavy atom. The van der Waals surface area contributed by atoms with Gasteiger partial charge in [-0.2, -0.15) is 0 Å². The molecule has 1 unspecified atom stereocenters. The Kier molecular flexibility index (Phi) is 5.41. The van der Waals surface area contributed by atoms with Crippen molar-refractivity contribution < 1.29 is 4.74 Å². The Bertz CT molecular complexity index is 560. The van der Waals surface area contributed by atoms with E-state index in [0.717, 1.165) is 23.3 Å². The lowest BCUT2D eigenvalue weighted by molar-refractivity contribution is 0.317. The number of hydrogen-bond donors (Lipinski definition) is 2. The summed E-state index contributed by atoms with van der Waals surface area (Å²) in [4.78, 5) is 0. The molecule has 4 heteroatoms. The Labute approximate surface area is 124 Å². The average Bonchev–Trinajstić information content (AvgIpc) is 2.48. The van der Waals surface area contributed by atoms with Crippen molar-refractivity contribution in [3.8, 4) is 5.75 Å². The minimum Gasteiger partial charge on any atom is -0.494 e. The minimum atomic E-state index is -0.158. The van der Waals surface area contributed by atoms with E-state index in [4.69, 9.17) is 22.2 Å². The predicted octanol–water partition coefficient (Wildman–Crippen LogP) is 3.68. The van der Waals surface area contributed by atoms with Crippen molar-refractivity contribution in [2.75, 3.05) is 6.61 Å². The monoisotopic (exact) mass is 290 g/mol. The van der Waals surface area contributed by atoms with Crippen molar-refractivity contribution in [3.63, 3.8) is 0 Å². The van der Waals surface area contributed by atoms with E-state index in [9.17, 15) is 0 Å². The molecule has 20 heavy (non-hydrogen) atoms. The summed E-state index contributed by atoms with van der Waals surface area (Å²) >= 11 is 6.24. The molecule has 0 saturated carbocycles. The lowest BCUT2D eigenvalue weighted by Gasteiger charge is -2.19. The highest BCUT2D eigenvalue weighted by Gasteiger charge is 2.15. The lowest BCUT2D eigenvalue weighted by Crippen LogP contribution is -2.29. The van der Waals surface area contributed by atoms with Crippen LogP contribution in [0.1, 0.15) is 30.5 Å². The molecule has 0 aliphatic rings. The maximum atomic E-state index is 6.24. The first-order valence-corrected chi connectivity index (χ1v) is 7.07. The van der Waals surface area contributed by atoms with E-state index in [1.165, 1.54) is 0 Å². The molecule has 0 saturated heterocycles. The molecular formula is C16H19ClN2O. The molecule has 2 rings (SSSR count). The zero-order valence-corrected chi connectivity index (χ0v) is 12.2. The van der Waals surface area contributed by atoms with Crippen molar-refractivity contribution in [3.05, 3.63) is 64.7 Å². The maximum Gasteiger partial charge on any atom is 0.119 e. The number of nitrogens with one attached hydrogen (secondary N) is 1. The van der Waals surface area contributed by atoms with Crippen LogP contribution in [0.25, 0.3) is 0 Å². The third-order valence-corrected chi connectivity index (χ3v) is 3.39. The van der Waals surface area contributed by atoms with E-state index in [0.29, 0.717) is 11.6 Å². The molecule has 106 valence electrons. The van der Waals surface area contributed by atoms with Gasteiger partial charge in [-0.25, -0.2) is 5.43 Å². The first kappa shape index (κ1) is 14.9. The number of nitrogens with two attached hydrogens (primary N) is 1. The van der Waals surface area contributed by atoms with E-state index in [1.807, 2.05) is 48.5 Å². The molecule has 2 aromatic rings. The summed E-state index contributed by atoms with van der Waals surface area (Å²) < 4.78 is 5.66. The fourth-order valence-electron chi connectivity index (χ4n) is 2.08. The van der Waals surface area contributed by atoms with Crippen LogP contribution in [0, 0.1) is 0 Å². The SMILES string of the molecule is CCCOc1cccc(C(NN)c2ccccc2Cl)c1. The van der Waals surface area contributed by atoms with Gasteiger partial charge in [-0.15, -0.1) is 0 Å². The summed E-state index contributed by atoms with van der Waals surface area (Å²) in [5, 5.41) is 0.690. The molecule has 0 bridgehead atoms. The summed E-state index contributed by atoms with van der Waals surface area (Å²) in [5.41, 5.74) is 4.79. The molecule has 0 amide bonds. The Morgan fingerprint density at radius 1 is 1.20 bits per heavy atom. The topological polar surface area (TPSA) is 47.3 Å². The molecule has 0 spiro atoms. The van der Waals surface area contributed by atoms with Crippen LogP contribution in [0.4, 0.5) is 0 Å². The quantitative estimate of drug-likeness (QED) is 0.630. The summed E-state index contributed by atoms with van der Waals surface area (Å²) in [6.07, 6.45) is 0.979. The lowest BCUT2D eigenvalue weighted by atomic mass is 9.99. The molecule has 3 nitrogen and oxygen atoms in total. The van der Waals surface area contributed by atoms with Gasteiger partial charge in [0.15, 0.2) is 0 Å². The Morgan fingerprint density at radius 2 is 2.00 bits per heavy atom. The second-order valence-corrected chi connectivity index (χ2v) is 4.95. The third-order valence-electron chi connectivity index (χ3n) is 3.05. The molecule has 0 fully saturated rings. The summed E-state index contributed by atoms with van der Waals surface area (Å²) in [6.45, 7) is 2.79. The van der Waals surface area contributed by atoms with Crippen LogP contribution in [0.5, 0.6) is 5.75 Å². The van der Waals surface area contributed by atoms with Gasteiger partial charge in [0.2, 0.25) is 0 Å². The number of ether oxygens (including phenoxy) is 1. The second-order valence-electron chi connectivity index (χ2n) is 4.54. The maximum absolute atomic E-state index is 6.24. The smallest absolute Gasteiger partial charge is 0.119 e. The van der Waals surface area contributed by atoms with Crippen LogP contribution in [-0.4, -0.2) is 6.61 Å². The molecule has 0 aliphatic carbocycles. The van der Waals surface area contributed by atoms with Gasteiger partial charge in [-0.3, -0.25) is 5.84 Å². The van der Waals surface area contributed by atoms with Crippen LogP contribution in [0.3, 0.4) is 0 Å². The van der Waals surface area contributed by atoms with Crippen LogP contribution < -0.4 is 16.0 Å². The van der Waals surface area contributed by atoms with Crippen molar-refractivity contribution in [1.29, 1.82) is 0 Å². The minimum absolute atomic E-state index is 0.158. The number of halogens is 1. The Hall–Kier alpha value is -1.55. The van der Waals surface area contributed by atoms with Gasteiger partial charge in [-0.1, -0.05) is 48.9 Å². The normalized spacial score (nSPS) is 12.2. The van der Waals surface area contributed by atoms with E-state index in [1.54, 1.807) is 0 Å². The largest absolute Gasteiger partial charge is 0.494 e. The van der Waals surface area contributed by atoms with Crippen molar-refractivity contribution in [2.24, 2.45) is 5.84 Å². The van der Waals surface area contributed by atoms with E-state index < -0.39 is 0 Å².